The zero-order chi connectivity index (χ0) is 26.9. The maximum absolute atomic E-state index is 11.6. The topological polar surface area (TPSA) is 108 Å². The molecule has 0 spiro atoms. The van der Waals surface area contributed by atoms with Crippen LogP contribution in [0, 0.1) is 0 Å². The number of hydrogen-bond acceptors (Lipinski definition) is 8. The molecule has 0 saturated heterocycles. The molecule has 0 aliphatic carbocycles. The van der Waals surface area contributed by atoms with Gasteiger partial charge in [-0.25, -0.2) is 14.4 Å². The predicted octanol–water partition coefficient (Wildman–Crippen LogP) is 4.33. The fourth-order valence-corrected chi connectivity index (χ4v) is 2.79. The van der Waals surface area contributed by atoms with E-state index in [9.17, 15) is 14.4 Å². The zero-order valence-corrected chi connectivity index (χ0v) is 20.9. The van der Waals surface area contributed by atoms with Gasteiger partial charge in [-0.3, -0.25) is 0 Å². The zero-order valence-electron chi connectivity index (χ0n) is 20.9. The monoisotopic (exact) mass is 508 g/mol. The normalized spacial score (nSPS) is 11.8. The van der Waals surface area contributed by atoms with Crippen LogP contribution in [0.2, 0.25) is 0 Å². The SMILES string of the molecule is CC(O)COC(C)COC(=O)c1ccccc1.O=C(OCCOC(=O)c1ccccc1)c1ccccc1. The molecule has 0 aromatic heterocycles. The highest BCUT2D eigenvalue weighted by Crippen LogP contribution is 2.04. The third kappa shape index (κ3) is 12.0. The summed E-state index contributed by atoms with van der Waals surface area (Å²) in [5, 5.41) is 9.02. The summed E-state index contributed by atoms with van der Waals surface area (Å²) in [6, 6.07) is 26.1. The highest BCUT2D eigenvalue weighted by atomic mass is 16.6. The number of rotatable bonds is 11. The molecule has 0 aliphatic heterocycles. The van der Waals surface area contributed by atoms with Gasteiger partial charge >= 0.3 is 17.9 Å². The van der Waals surface area contributed by atoms with Crippen molar-refractivity contribution in [3.63, 3.8) is 0 Å². The molecule has 1 N–H and O–H groups in total. The van der Waals surface area contributed by atoms with Crippen LogP contribution < -0.4 is 0 Å². The van der Waals surface area contributed by atoms with Crippen molar-refractivity contribution in [2.24, 2.45) is 0 Å². The molecule has 2 atom stereocenters. The number of hydrogen-bond donors (Lipinski definition) is 1. The lowest BCUT2D eigenvalue weighted by Gasteiger charge is -2.14. The quantitative estimate of drug-likeness (QED) is 0.232. The number of aliphatic hydroxyl groups excluding tert-OH is 1. The highest BCUT2D eigenvalue weighted by molar-refractivity contribution is 5.90. The van der Waals surface area contributed by atoms with Crippen molar-refractivity contribution in [3.8, 4) is 0 Å². The van der Waals surface area contributed by atoms with Crippen LogP contribution in [0.4, 0.5) is 0 Å². The summed E-state index contributed by atoms with van der Waals surface area (Å²) >= 11 is 0. The van der Waals surface area contributed by atoms with Gasteiger partial charge in [0, 0.05) is 0 Å². The van der Waals surface area contributed by atoms with Crippen molar-refractivity contribution in [1.82, 2.24) is 0 Å². The molecule has 0 heterocycles. The molecule has 0 aliphatic rings. The molecule has 2 unspecified atom stereocenters. The van der Waals surface area contributed by atoms with Crippen molar-refractivity contribution in [2.45, 2.75) is 26.1 Å². The summed E-state index contributed by atoms with van der Waals surface area (Å²) in [6.07, 6.45) is -0.737. The van der Waals surface area contributed by atoms with Gasteiger partial charge in [0.15, 0.2) is 0 Å². The van der Waals surface area contributed by atoms with Gasteiger partial charge in [-0.2, -0.15) is 0 Å². The van der Waals surface area contributed by atoms with Crippen LogP contribution in [0.3, 0.4) is 0 Å². The first kappa shape index (κ1) is 29.2. The lowest BCUT2D eigenvalue weighted by molar-refractivity contribution is -0.0278. The number of aliphatic hydroxyl groups is 1. The molecule has 0 fully saturated rings. The molecule has 37 heavy (non-hydrogen) atoms. The lowest BCUT2D eigenvalue weighted by Crippen LogP contribution is -2.23. The minimum atomic E-state index is -0.512. The summed E-state index contributed by atoms with van der Waals surface area (Å²) in [6.45, 7) is 3.92. The van der Waals surface area contributed by atoms with E-state index in [2.05, 4.69) is 0 Å². The summed E-state index contributed by atoms with van der Waals surface area (Å²) in [7, 11) is 0. The predicted molar refractivity (Wildman–Crippen MR) is 137 cm³/mol. The Morgan fingerprint density at radius 2 is 0.946 bits per heavy atom. The third-order valence-corrected chi connectivity index (χ3v) is 4.65. The van der Waals surface area contributed by atoms with E-state index < -0.39 is 18.0 Å². The van der Waals surface area contributed by atoms with Gasteiger partial charge in [-0.05, 0) is 50.2 Å². The van der Waals surface area contributed by atoms with Crippen molar-refractivity contribution < 1.29 is 38.4 Å². The van der Waals surface area contributed by atoms with Crippen LogP contribution in [0.15, 0.2) is 91.0 Å². The van der Waals surface area contributed by atoms with Crippen molar-refractivity contribution in [3.05, 3.63) is 108 Å². The largest absolute Gasteiger partial charge is 0.459 e. The first-order valence-corrected chi connectivity index (χ1v) is 11.8. The van der Waals surface area contributed by atoms with Crippen LogP contribution in [-0.4, -0.2) is 61.6 Å². The first-order chi connectivity index (χ1) is 17.9. The molecule has 3 rings (SSSR count). The molecule has 8 nitrogen and oxygen atoms in total. The second-order valence-electron chi connectivity index (χ2n) is 7.96. The van der Waals surface area contributed by atoms with E-state index in [4.69, 9.17) is 24.1 Å². The summed E-state index contributed by atoms with van der Waals surface area (Å²) in [5.74, 6) is -1.22. The fourth-order valence-electron chi connectivity index (χ4n) is 2.79. The standard InChI is InChI=1S/C16H14O4.C13H18O4/c17-15(13-7-3-1-4-8-13)19-11-12-20-16(18)14-9-5-2-6-10-14;1-10(14)8-16-11(2)9-17-13(15)12-6-4-3-5-7-12/h1-10H,11-12H2;3-7,10-11,14H,8-9H2,1-2H3. The van der Waals surface area contributed by atoms with Crippen LogP contribution in [0.5, 0.6) is 0 Å². The van der Waals surface area contributed by atoms with E-state index in [1.165, 1.54) is 0 Å². The molecule has 0 bridgehead atoms. The molecule has 8 heteroatoms. The molecular formula is C29H32O8. The Morgan fingerprint density at radius 3 is 1.30 bits per heavy atom. The van der Waals surface area contributed by atoms with E-state index in [0.717, 1.165) is 0 Å². The summed E-state index contributed by atoms with van der Waals surface area (Å²) < 4.78 is 20.3. The Bertz CT molecular complexity index is 1020. The Kier molecular flexibility index (Phi) is 13.1. The number of ether oxygens (including phenoxy) is 4. The number of carbonyl (C=O) groups is 3. The first-order valence-electron chi connectivity index (χ1n) is 11.8. The van der Waals surface area contributed by atoms with Crippen LogP contribution >= 0.6 is 0 Å². The number of esters is 3. The Balaban J connectivity index is 0.000000264. The number of benzene rings is 3. The highest BCUT2D eigenvalue weighted by Gasteiger charge is 2.10. The van der Waals surface area contributed by atoms with Gasteiger partial charge in [0.25, 0.3) is 0 Å². The second kappa shape index (κ2) is 16.6. The molecule has 3 aromatic rings. The van der Waals surface area contributed by atoms with Gasteiger partial charge < -0.3 is 24.1 Å². The second-order valence-corrected chi connectivity index (χ2v) is 7.96. The van der Waals surface area contributed by atoms with Gasteiger partial charge in [0.1, 0.15) is 19.8 Å². The minimum absolute atomic E-state index is 0.0340. The van der Waals surface area contributed by atoms with Gasteiger partial charge in [0.05, 0.1) is 35.5 Å². The van der Waals surface area contributed by atoms with E-state index in [-0.39, 0.29) is 38.5 Å². The van der Waals surface area contributed by atoms with E-state index in [1.807, 2.05) is 18.2 Å². The van der Waals surface area contributed by atoms with Crippen molar-refractivity contribution in [1.29, 1.82) is 0 Å². The van der Waals surface area contributed by atoms with E-state index >= 15 is 0 Å². The molecule has 3 aromatic carbocycles. The molecule has 0 radical (unpaired) electrons. The fraction of sp³-hybridized carbons (Fsp3) is 0.276. The Labute approximate surface area is 216 Å². The van der Waals surface area contributed by atoms with Crippen molar-refractivity contribution >= 4 is 17.9 Å². The molecule has 0 saturated carbocycles. The molecule has 196 valence electrons. The summed E-state index contributed by atoms with van der Waals surface area (Å²) in [4.78, 5) is 34.8. The van der Waals surface area contributed by atoms with Crippen LogP contribution in [0.1, 0.15) is 44.9 Å². The maximum atomic E-state index is 11.6. The third-order valence-electron chi connectivity index (χ3n) is 4.65. The molecular weight excluding hydrogens is 476 g/mol. The van der Waals surface area contributed by atoms with Crippen molar-refractivity contribution in [2.75, 3.05) is 26.4 Å². The van der Waals surface area contributed by atoms with Crippen LogP contribution in [0.25, 0.3) is 0 Å². The number of carbonyl (C=O) groups excluding carboxylic acids is 3. The van der Waals surface area contributed by atoms with E-state index in [1.54, 1.807) is 86.6 Å². The Hall–Kier alpha value is -4.01. The van der Waals surface area contributed by atoms with E-state index in [0.29, 0.717) is 16.7 Å². The molecule has 0 amide bonds. The van der Waals surface area contributed by atoms with Gasteiger partial charge in [-0.1, -0.05) is 54.6 Å². The average molecular weight is 509 g/mol. The average Bonchev–Trinajstić information content (AvgIpc) is 2.94. The van der Waals surface area contributed by atoms with Gasteiger partial charge in [-0.15, -0.1) is 0 Å². The maximum Gasteiger partial charge on any atom is 0.338 e. The minimum Gasteiger partial charge on any atom is -0.459 e. The lowest BCUT2D eigenvalue weighted by atomic mass is 10.2. The smallest absolute Gasteiger partial charge is 0.338 e. The van der Waals surface area contributed by atoms with Gasteiger partial charge in [0.2, 0.25) is 0 Å². The van der Waals surface area contributed by atoms with Crippen LogP contribution in [-0.2, 0) is 18.9 Å². The Morgan fingerprint density at radius 1 is 0.595 bits per heavy atom. The summed E-state index contributed by atoms with van der Waals surface area (Å²) in [5.41, 5.74) is 1.47.